The molecule has 2 aliphatic heterocycles. The lowest BCUT2D eigenvalue weighted by Gasteiger charge is -2.20. The van der Waals surface area contributed by atoms with Crippen LogP contribution in [-0.4, -0.2) is 24.5 Å². The van der Waals surface area contributed by atoms with Gasteiger partial charge in [0.05, 0.1) is 12.5 Å². The second-order valence-electron chi connectivity index (χ2n) is 5.77. The molecule has 1 aromatic heterocycles. The zero-order chi connectivity index (χ0) is 15.8. The van der Waals surface area contributed by atoms with E-state index in [0.717, 1.165) is 21.9 Å². The molecule has 3 heterocycles. The van der Waals surface area contributed by atoms with Crippen LogP contribution in [0.5, 0.6) is 11.5 Å². The van der Waals surface area contributed by atoms with Gasteiger partial charge < -0.3 is 19.3 Å². The fourth-order valence-corrected chi connectivity index (χ4v) is 3.92. The van der Waals surface area contributed by atoms with E-state index in [1.54, 1.807) is 0 Å². The molecule has 1 saturated heterocycles. The molecular formula is C17H16O5S. The molecule has 2 aliphatic rings. The van der Waals surface area contributed by atoms with Crippen molar-refractivity contribution in [2.75, 3.05) is 13.4 Å². The van der Waals surface area contributed by atoms with Gasteiger partial charge in [0.15, 0.2) is 11.5 Å². The van der Waals surface area contributed by atoms with E-state index in [1.807, 2.05) is 35.7 Å². The van der Waals surface area contributed by atoms with Gasteiger partial charge in [-0.15, -0.1) is 11.3 Å². The molecular weight excluding hydrogens is 316 g/mol. The smallest absolute Gasteiger partial charge is 0.312 e. The summed E-state index contributed by atoms with van der Waals surface area (Å²) >= 11 is 1.45. The summed E-state index contributed by atoms with van der Waals surface area (Å²) in [5.74, 6) is 0.557. The lowest BCUT2D eigenvalue weighted by atomic mass is 9.85. The second-order valence-corrected chi connectivity index (χ2v) is 6.75. The van der Waals surface area contributed by atoms with Gasteiger partial charge in [-0.3, -0.25) is 4.79 Å². The minimum Gasteiger partial charge on any atom is -0.465 e. The minimum atomic E-state index is -0.816. The minimum absolute atomic E-state index is 0.0556. The number of carbonyl (C=O) groups excluding carboxylic acids is 1. The number of fused-ring (bicyclic) bond motifs is 1. The van der Waals surface area contributed by atoms with E-state index in [2.05, 4.69) is 0 Å². The zero-order valence-electron chi connectivity index (χ0n) is 12.3. The van der Waals surface area contributed by atoms with Crippen molar-refractivity contribution in [1.82, 2.24) is 0 Å². The first-order valence-corrected chi connectivity index (χ1v) is 8.37. The third kappa shape index (κ3) is 2.68. The number of thiophene rings is 1. The monoisotopic (exact) mass is 332 g/mol. The molecule has 4 rings (SSSR count). The van der Waals surface area contributed by atoms with E-state index in [0.29, 0.717) is 13.0 Å². The van der Waals surface area contributed by atoms with Crippen molar-refractivity contribution in [2.45, 2.75) is 12.5 Å². The molecule has 2 aromatic rings. The van der Waals surface area contributed by atoms with Gasteiger partial charge in [-0.05, 0) is 35.6 Å². The number of ether oxygens (including phenoxy) is 3. The van der Waals surface area contributed by atoms with E-state index < -0.39 is 12.0 Å². The summed E-state index contributed by atoms with van der Waals surface area (Å²) < 4.78 is 15.9. The number of esters is 1. The van der Waals surface area contributed by atoms with Crippen LogP contribution in [0.4, 0.5) is 0 Å². The van der Waals surface area contributed by atoms with Crippen LogP contribution in [0, 0.1) is 11.8 Å². The summed E-state index contributed by atoms with van der Waals surface area (Å²) in [6, 6.07) is 9.49. The van der Waals surface area contributed by atoms with E-state index in [4.69, 9.17) is 14.2 Å². The maximum absolute atomic E-state index is 12.1. The van der Waals surface area contributed by atoms with Crippen molar-refractivity contribution in [2.24, 2.45) is 11.8 Å². The molecule has 0 spiro atoms. The average molecular weight is 332 g/mol. The topological polar surface area (TPSA) is 65.0 Å². The summed E-state index contributed by atoms with van der Waals surface area (Å²) in [6.45, 7) is 0.573. The van der Waals surface area contributed by atoms with Gasteiger partial charge in [-0.1, -0.05) is 12.1 Å². The van der Waals surface area contributed by atoms with Gasteiger partial charge in [-0.2, -0.15) is 0 Å². The number of carbonyl (C=O) groups is 1. The number of aliphatic hydroxyl groups is 1. The molecule has 3 atom stereocenters. The van der Waals surface area contributed by atoms with Gasteiger partial charge in [0, 0.05) is 10.8 Å². The van der Waals surface area contributed by atoms with Crippen LogP contribution in [-0.2, 0) is 16.0 Å². The highest BCUT2D eigenvalue weighted by Crippen LogP contribution is 2.39. The molecule has 1 fully saturated rings. The van der Waals surface area contributed by atoms with Crippen LogP contribution in [0.25, 0.3) is 0 Å². The summed E-state index contributed by atoms with van der Waals surface area (Å²) in [4.78, 5) is 12.9. The van der Waals surface area contributed by atoms with Gasteiger partial charge in [-0.25, -0.2) is 0 Å². The Bertz CT molecular complexity index is 712. The molecule has 0 saturated carbocycles. The highest BCUT2D eigenvalue weighted by atomic mass is 32.1. The predicted molar refractivity (Wildman–Crippen MR) is 83.5 cm³/mol. The Morgan fingerprint density at radius 2 is 2.09 bits per heavy atom. The van der Waals surface area contributed by atoms with E-state index >= 15 is 0 Å². The maximum Gasteiger partial charge on any atom is 0.312 e. The van der Waals surface area contributed by atoms with Crippen molar-refractivity contribution in [1.29, 1.82) is 0 Å². The van der Waals surface area contributed by atoms with Crippen LogP contribution in [0.1, 0.15) is 16.5 Å². The van der Waals surface area contributed by atoms with Crippen molar-refractivity contribution in [3.63, 3.8) is 0 Å². The molecule has 0 aliphatic carbocycles. The van der Waals surface area contributed by atoms with Crippen molar-refractivity contribution >= 4 is 17.3 Å². The normalized spacial score (nSPS) is 23.8. The Balaban J connectivity index is 1.54. The summed E-state index contributed by atoms with van der Waals surface area (Å²) in [6.07, 6.45) is -0.167. The molecule has 0 bridgehead atoms. The number of cyclic esters (lactones) is 1. The number of hydrogen-bond acceptors (Lipinski definition) is 6. The van der Waals surface area contributed by atoms with Crippen molar-refractivity contribution in [3.05, 3.63) is 46.2 Å². The van der Waals surface area contributed by atoms with Gasteiger partial charge >= 0.3 is 5.97 Å². The Labute approximate surface area is 137 Å². The predicted octanol–water partition coefficient (Wildman–Crippen LogP) is 2.54. The number of hydrogen-bond donors (Lipinski definition) is 1. The lowest BCUT2D eigenvalue weighted by molar-refractivity contribution is -0.144. The molecule has 23 heavy (non-hydrogen) atoms. The van der Waals surface area contributed by atoms with Crippen LogP contribution >= 0.6 is 11.3 Å². The molecule has 6 heteroatoms. The molecule has 1 aromatic carbocycles. The highest BCUT2D eigenvalue weighted by Gasteiger charge is 2.42. The SMILES string of the molecule is O=C1OC[C@@H](Cc2ccc3c(c2)OCO3)[C@@H]1[C@@H](O)c1cccs1. The fraction of sp³-hybridized carbons (Fsp3) is 0.353. The van der Waals surface area contributed by atoms with Crippen molar-refractivity contribution in [3.8, 4) is 11.5 Å². The van der Waals surface area contributed by atoms with Gasteiger partial charge in [0.25, 0.3) is 0 Å². The Morgan fingerprint density at radius 1 is 1.22 bits per heavy atom. The Morgan fingerprint density at radius 3 is 2.91 bits per heavy atom. The zero-order valence-corrected chi connectivity index (χ0v) is 13.1. The first-order valence-electron chi connectivity index (χ1n) is 7.49. The summed E-state index contributed by atoms with van der Waals surface area (Å²) in [5.41, 5.74) is 1.04. The second kappa shape index (κ2) is 5.86. The molecule has 0 amide bonds. The molecule has 1 N–H and O–H groups in total. The van der Waals surface area contributed by atoms with E-state index in [9.17, 15) is 9.90 Å². The Hall–Kier alpha value is -2.05. The molecule has 120 valence electrons. The fourth-order valence-electron chi connectivity index (χ4n) is 3.16. The maximum atomic E-state index is 12.1. The van der Waals surface area contributed by atoms with Crippen LogP contribution in [0.15, 0.2) is 35.7 Å². The quantitative estimate of drug-likeness (QED) is 0.872. The highest BCUT2D eigenvalue weighted by molar-refractivity contribution is 7.10. The third-order valence-electron chi connectivity index (χ3n) is 4.33. The summed E-state index contributed by atoms with van der Waals surface area (Å²) in [7, 11) is 0. The first kappa shape index (κ1) is 14.5. The summed E-state index contributed by atoms with van der Waals surface area (Å²) in [5, 5.41) is 12.4. The Kier molecular flexibility index (Phi) is 3.71. The average Bonchev–Trinajstić information content (AvgIpc) is 3.27. The van der Waals surface area contributed by atoms with Crippen LogP contribution in [0.3, 0.4) is 0 Å². The number of rotatable bonds is 4. The standard InChI is InChI=1S/C17H16O5S/c18-16(14-2-1-5-23-14)15-11(8-20-17(15)19)6-10-3-4-12-13(7-10)22-9-21-12/h1-5,7,11,15-16,18H,6,8-9H2/t11-,15-,16+/m1/s1. The van der Waals surface area contributed by atoms with Gasteiger partial charge in [0.1, 0.15) is 6.10 Å². The molecule has 5 nitrogen and oxygen atoms in total. The molecule has 0 radical (unpaired) electrons. The van der Waals surface area contributed by atoms with E-state index in [-0.39, 0.29) is 18.7 Å². The lowest BCUT2D eigenvalue weighted by Crippen LogP contribution is -2.25. The van der Waals surface area contributed by atoms with E-state index in [1.165, 1.54) is 11.3 Å². The van der Waals surface area contributed by atoms with Crippen LogP contribution < -0.4 is 9.47 Å². The first-order chi connectivity index (χ1) is 11.2. The molecule has 0 unspecified atom stereocenters. The van der Waals surface area contributed by atoms with Crippen molar-refractivity contribution < 1.29 is 24.1 Å². The van der Waals surface area contributed by atoms with Crippen LogP contribution in [0.2, 0.25) is 0 Å². The largest absolute Gasteiger partial charge is 0.465 e. The number of benzene rings is 1. The number of aliphatic hydroxyl groups excluding tert-OH is 1. The van der Waals surface area contributed by atoms with Gasteiger partial charge in [0.2, 0.25) is 6.79 Å². The third-order valence-corrected chi connectivity index (χ3v) is 5.27.